The number of aromatic hydroxyl groups is 4. The molecule has 9 N–H and O–H groups in total. The Kier molecular flexibility index (Phi) is 13.3. The van der Waals surface area contributed by atoms with Gasteiger partial charge in [-0.3, -0.25) is 9.59 Å². The van der Waals surface area contributed by atoms with Crippen molar-refractivity contribution in [2.45, 2.75) is 13.8 Å². The van der Waals surface area contributed by atoms with E-state index in [1.807, 2.05) is 6.92 Å². The molecule has 2 amide bonds. The molecule has 2 aromatic carbocycles. The van der Waals surface area contributed by atoms with Crippen molar-refractivity contribution in [3.05, 3.63) is 70.3 Å². The first kappa shape index (κ1) is 33.5. The fourth-order valence-electron chi connectivity index (χ4n) is 2.44. The minimum Gasteiger partial charge on any atom is -0.507 e. The van der Waals surface area contributed by atoms with E-state index in [-0.39, 0.29) is 11.1 Å². The molecule has 0 spiro atoms. The number of amides is 2. The molecular formula is C25H28N2O12. The summed E-state index contributed by atoms with van der Waals surface area (Å²) in [5.41, 5.74) is -0.923. The van der Waals surface area contributed by atoms with E-state index in [4.69, 9.17) is 15.3 Å². The summed E-state index contributed by atoms with van der Waals surface area (Å²) in [6.45, 7) is 3.40. The molecule has 2 aromatic rings. The molecule has 0 unspecified atom stereocenters. The van der Waals surface area contributed by atoms with Gasteiger partial charge in [-0.15, -0.1) is 0 Å². The van der Waals surface area contributed by atoms with Crippen molar-refractivity contribution in [1.29, 1.82) is 0 Å². The highest BCUT2D eigenvalue weighted by atomic mass is 16.4. The number of aliphatic carboxylic acids is 1. The average molecular weight is 549 g/mol. The number of nitrogens with one attached hydrogen (secondary N) is 2. The summed E-state index contributed by atoms with van der Waals surface area (Å²) in [6, 6.07) is 3.44. The molecule has 0 aromatic heterocycles. The van der Waals surface area contributed by atoms with Crippen molar-refractivity contribution in [1.82, 2.24) is 10.6 Å². The molecule has 0 bridgehead atoms. The third-order valence-corrected chi connectivity index (χ3v) is 4.51. The lowest BCUT2D eigenvalue weighted by molar-refractivity contribution is -0.132. The summed E-state index contributed by atoms with van der Waals surface area (Å²) in [7, 11) is 2.70. The number of rotatable bonds is 6. The number of benzene rings is 2. The molecule has 2 rings (SSSR count). The van der Waals surface area contributed by atoms with Crippen LogP contribution in [0.5, 0.6) is 23.0 Å². The highest BCUT2D eigenvalue weighted by molar-refractivity contribution is 6.01. The number of carbonyl (C=O) groups is 5. The quantitative estimate of drug-likeness (QED) is 0.143. The number of phenolic OH excluding ortho intramolecular Hbond substituents is 2. The lowest BCUT2D eigenvalue weighted by Gasteiger charge is -2.06. The molecule has 0 atom stereocenters. The van der Waals surface area contributed by atoms with Crippen LogP contribution < -0.4 is 10.6 Å². The van der Waals surface area contributed by atoms with Crippen LogP contribution in [0.2, 0.25) is 0 Å². The summed E-state index contributed by atoms with van der Waals surface area (Å²) >= 11 is 0. The van der Waals surface area contributed by atoms with Gasteiger partial charge in [0.1, 0.15) is 34.1 Å². The van der Waals surface area contributed by atoms with Gasteiger partial charge in [-0.05, 0) is 38.1 Å². The van der Waals surface area contributed by atoms with Crippen LogP contribution in [-0.2, 0) is 4.79 Å². The normalized spacial score (nSPS) is 10.3. The van der Waals surface area contributed by atoms with Crippen molar-refractivity contribution in [3.63, 3.8) is 0 Å². The Balaban J connectivity index is 0.000000576. The summed E-state index contributed by atoms with van der Waals surface area (Å²) in [5.74, 6) is -6.99. The van der Waals surface area contributed by atoms with Gasteiger partial charge in [-0.1, -0.05) is 18.2 Å². The van der Waals surface area contributed by atoms with Crippen molar-refractivity contribution < 1.29 is 59.7 Å². The van der Waals surface area contributed by atoms with Crippen LogP contribution in [0.4, 0.5) is 0 Å². The molecule has 210 valence electrons. The number of phenols is 4. The zero-order chi connectivity index (χ0) is 30.4. The molecule has 0 aliphatic rings. The van der Waals surface area contributed by atoms with E-state index in [1.165, 1.54) is 14.1 Å². The second kappa shape index (κ2) is 15.6. The first-order valence-electron chi connectivity index (χ1n) is 10.7. The van der Waals surface area contributed by atoms with Gasteiger partial charge in [0, 0.05) is 19.7 Å². The summed E-state index contributed by atoms with van der Waals surface area (Å²) in [4.78, 5) is 53.5. The van der Waals surface area contributed by atoms with Gasteiger partial charge in [0.25, 0.3) is 11.8 Å². The van der Waals surface area contributed by atoms with Crippen molar-refractivity contribution >= 4 is 29.7 Å². The minimum absolute atomic E-state index is 0.181. The van der Waals surface area contributed by atoms with E-state index in [2.05, 4.69) is 10.6 Å². The topological polar surface area (TPSA) is 251 Å². The van der Waals surface area contributed by atoms with Gasteiger partial charge in [0.2, 0.25) is 0 Å². The minimum atomic E-state index is -1.38. The maximum Gasteiger partial charge on any atom is 0.339 e. The number of carboxylic acids is 3. The molecule has 0 saturated carbocycles. The summed E-state index contributed by atoms with van der Waals surface area (Å²) in [6.07, 6.45) is 5.04. The first-order chi connectivity index (χ1) is 18.1. The Labute approximate surface area is 221 Å². The van der Waals surface area contributed by atoms with Gasteiger partial charge in [-0.2, -0.15) is 0 Å². The zero-order valence-corrected chi connectivity index (χ0v) is 21.2. The molecule has 0 saturated heterocycles. The average Bonchev–Trinajstić information content (AvgIpc) is 2.88. The molecular weight excluding hydrogens is 520 g/mol. The first-order valence-corrected chi connectivity index (χ1v) is 10.7. The van der Waals surface area contributed by atoms with Crippen LogP contribution in [-0.4, -0.2) is 79.6 Å². The molecule has 0 aliphatic heterocycles. The number of carboxylic acid groups (broad SMARTS) is 3. The molecule has 0 radical (unpaired) electrons. The zero-order valence-electron chi connectivity index (χ0n) is 21.2. The Hall–Kier alpha value is -5.53. The molecule has 0 fully saturated rings. The van der Waals surface area contributed by atoms with Crippen LogP contribution in [0.1, 0.15) is 55.3 Å². The van der Waals surface area contributed by atoms with Crippen molar-refractivity contribution in [2.24, 2.45) is 0 Å². The lowest BCUT2D eigenvalue weighted by atomic mass is 10.1. The predicted octanol–water partition coefficient (Wildman–Crippen LogP) is 1.90. The molecule has 0 heterocycles. The van der Waals surface area contributed by atoms with Crippen LogP contribution in [0.25, 0.3) is 0 Å². The fraction of sp³-hybridized carbons (Fsp3) is 0.160. The number of allylic oxidation sites excluding steroid dienone is 3. The van der Waals surface area contributed by atoms with Gasteiger partial charge in [0.15, 0.2) is 0 Å². The van der Waals surface area contributed by atoms with Crippen LogP contribution in [0, 0.1) is 0 Å². The highest BCUT2D eigenvalue weighted by Gasteiger charge is 2.18. The third kappa shape index (κ3) is 10.2. The summed E-state index contributed by atoms with van der Waals surface area (Å²) in [5, 5.41) is 67.2. The smallest absolute Gasteiger partial charge is 0.339 e. The largest absolute Gasteiger partial charge is 0.507 e. The Morgan fingerprint density at radius 2 is 0.949 bits per heavy atom. The monoisotopic (exact) mass is 548 g/mol. The van der Waals surface area contributed by atoms with Crippen LogP contribution in [0.15, 0.2) is 48.1 Å². The van der Waals surface area contributed by atoms with E-state index in [0.717, 1.165) is 24.3 Å². The van der Waals surface area contributed by atoms with Crippen molar-refractivity contribution in [3.8, 4) is 23.0 Å². The maximum absolute atomic E-state index is 11.1. The van der Waals surface area contributed by atoms with Crippen molar-refractivity contribution in [2.75, 3.05) is 14.1 Å². The Bertz CT molecular complexity index is 1230. The maximum atomic E-state index is 11.1. The van der Waals surface area contributed by atoms with Gasteiger partial charge in [0.05, 0.1) is 11.1 Å². The van der Waals surface area contributed by atoms with E-state index >= 15 is 0 Å². The number of carbonyl (C=O) groups excluding carboxylic acids is 2. The van der Waals surface area contributed by atoms with Gasteiger partial charge < -0.3 is 46.4 Å². The van der Waals surface area contributed by atoms with E-state index < -0.39 is 63.8 Å². The van der Waals surface area contributed by atoms with Crippen LogP contribution in [0.3, 0.4) is 0 Å². The van der Waals surface area contributed by atoms with E-state index in [9.17, 15) is 44.4 Å². The number of hydrogen-bond acceptors (Lipinski definition) is 9. The van der Waals surface area contributed by atoms with Crippen LogP contribution >= 0.6 is 0 Å². The third-order valence-electron chi connectivity index (χ3n) is 4.51. The molecule has 39 heavy (non-hydrogen) atoms. The standard InChI is InChI=1S/2C9H9NO5.C7H10O2/c2*1-10-8(13)4-2-7(12)5(9(14)15)3-6(4)11;1-3-4-5-6(2)7(8)9/h2*2-3,11-12H,1H3,(H,10,13)(H,14,15);3-5H,1-2H3,(H,8,9)/b;;4-3-,6-5+. The second-order valence-corrected chi connectivity index (χ2v) is 7.22. The Morgan fingerprint density at radius 1 is 0.641 bits per heavy atom. The summed E-state index contributed by atoms with van der Waals surface area (Å²) < 4.78 is 0. The van der Waals surface area contributed by atoms with E-state index in [0.29, 0.717) is 5.57 Å². The number of hydrogen-bond donors (Lipinski definition) is 9. The molecule has 14 nitrogen and oxygen atoms in total. The predicted molar refractivity (Wildman–Crippen MR) is 136 cm³/mol. The lowest BCUT2D eigenvalue weighted by Crippen LogP contribution is -2.18. The Morgan fingerprint density at radius 3 is 1.21 bits per heavy atom. The molecule has 0 aliphatic carbocycles. The number of aromatic carboxylic acids is 2. The fourth-order valence-corrected chi connectivity index (χ4v) is 2.44. The van der Waals surface area contributed by atoms with Gasteiger partial charge in [-0.25, -0.2) is 14.4 Å². The highest BCUT2D eigenvalue weighted by Crippen LogP contribution is 2.28. The van der Waals surface area contributed by atoms with Gasteiger partial charge >= 0.3 is 17.9 Å². The van der Waals surface area contributed by atoms with E-state index in [1.54, 1.807) is 25.2 Å². The second-order valence-electron chi connectivity index (χ2n) is 7.22. The molecule has 14 heteroatoms. The SMILES string of the molecule is C/C=C\C=C(/C)C(=O)O.CNC(=O)c1cc(O)c(C(=O)O)cc1O.CNC(=O)c1cc(O)c(C(=O)O)cc1O.